The molecule has 1 heterocycles. The van der Waals surface area contributed by atoms with Crippen LogP contribution in [0.5, 0.6) is 0 Å². The molecule has 1 rings (SSSR count). The lowest BCUT2D eigenvalue weighted by Crippen LogP contribution is -2.28. The van der Waals surface area contributed by atoms with Gasteiger partial charge in [0.15, 0.2) is 0 Å². The number of anilines is 1. The molecule has 21 heavy (non-hydrogen) atoms. The first-order valence-electron chi connectivity index (χ1n) is 6.44. The van der Waals surface area contributed by atoms with Crippen molar-refractivity contribution >= 4 is 17.9 Å². The fourth-order valence-corrected chi connectivity index (χ4v) is 1.77. The van der Waals surface area contributed by atoms with Gasteiger partial charge in [0, 0.05) is 13.5 Å². The average molecular weight is 293 g/mol. The lowest BCUT2D eigenvalue weighted by molar-refractivity contribution is -0.136. The summed E-state index contributed by atoms with van der Waals surface area (Å²) in [6, 6.07) is 3.55. The molecule has 1 amide bonds. The Labute approximate surface area is 123 Å². The van der Waals surface area contributed by atoms with Gasteiger partial charge in [-0.1, -0.05) is 0 Å². The summed E-state index contributed by atoms with van der Waals surface area (Å²) in [4.78, 5) is 22.5. The first-order chi connectivity index (χ1) is 9.64. The van der Waals surface area contributed by atoms with Crippen LogP contribution >= 0.6 is 0 Å². The van der Waals surface area contributed by atoms with Crippen molar-refractivity contribution < 1.29 is 19.4 Å². The molecule has 0 bridgehead atoms. The Morgan fingerprint density at radius 1 is 1.48 bits per heavy atom. The lowest BCUT2D eigenvalue weighted by atomic mass is 10.1. The Bertz CT molecular complexity index is 591. The largest absolute Gasteiger partial charge is 0.481 e. The van der Waals surface area contributed by atoms with Gasteiger partial charge in [0.2, 0.25) is 0 Å². The van der Waals surface area contributed by atoms with Crippen molar-refractivity contribution in [3.8, 4) is 6.07 Å². The quantitative estimate of drug-likeness (QED) is 0.886. The minimum absolute atomic E-state index is 0.0854. The summed E-state index contributed by atoms with van der Waals surface area (Å²) in [5.74, 6) is -0.567. The van der Waals surface area contributed by atoms with Gasteiger partial charge in [-0.15, -0.1) is 0 Å². The number of amides is 1. The molecule has 7 nitrogen and oxygen atoms in total. The predicted octanol–water partition coefficient (Wildman–Crippen LogP) is 2.26. The van der Waals surface area contributed by atoms with Crippen LogP contribution in [-0.4, -0.2) is 27.3 Å². The fraction of sp³-hybridized carbons (Fsp3) is 0.500. The number of aliphatic carboxylic acids is 1. The highest BCUT2D eigenvalue weighted by molar-refractivity contribution is 5.85. The molecule has 1 aromatic heterocycles. The van der Waals surface area contributed by atoms with E-state index in [0.717, 1.165) is 0 Å². The Hall–Kier alpha value is -2.49. The number of carboxylic acid groups (broad SMARTS) is 1. The zero-order valence-electron chi connectivity index (χ0n) is 12.6. The Kier molecular flexibility index (Phi) is 4.97. The number of aromatic nitrogens is 1. The molecule has 0 saturated heterocycles. The number of nitrogens with one attached hydrogen (secondary N) is 1. The van der Waals surface area contributed by atoms with Crippen molar-refractivity contribution in [1.29, 1.82) is 5.26 Å². The summed E-state index contributed by atoms with van der Waals surface area (Å²) in [6.07, 6.45) is -0.516. The molecule has 0 aliphatic heterocycles. The van der Waals surface area contributed by atoms with E-state index in [1.54, 1.807) is 33.9 Å². The molecule has 2 N–H and O–H groups in total. The fourth-order valence-electron chi connectivity index (χ4n) is 1.77. The number of carbonyl (C=O) groups is 2. The van der Waals surface area contributed by atoms with Gasteiger partial charge in [0.1, 0.15) is 23.2 Å². The van der Waals surface area contributed by atoms with Crippen LogP contribution in [0, 0.1) is 11.3 Å². The van der Waals surface area contributed by atoms with E-state index in [4.69, 9.17) is 15.1 Å². The number of carboxylic acids is 1. The summed E-state index contributed by atoms with van der Waals surface area (Å²) in [7, 11) is 1.62. The normalized spacial score (nSPS) is 10.8. The van der Waals surface area contributed by atoms with E-state index in [2.05, 4.69) is 5.32 Å². The second-order valence-corrected chi connectivity index (χ2v) is 5.59. The highest BCUT2D eigenvalue weighted by atomic mass is 16.6. The number of hydrogen-bond acceptors (Lipinski definition) is 4. The van der Waals surface area contributed by atoms with Crippen molar-refractivity contribution in [2.45, 2.75) is 39.2 Å². The van der Waals surface area contributed by atoms with E-state index in [9.17, 15) is 9.59 Å². The third-order valence-corrected chi connectivity index (χ3v) is 2.65. The molecule has 0 unspecified atom stereocenters. The first-order valence-corrected chi connectivity index (χ1v) is 6.44. The summed E-state index contributed by atoms with van der Waals surface area (Å²) in [6.45, 7) is 5.22. The van der Waals surface area contributed by atoms with Crippen LogP contribution in [0.4, 0.5) is 10.6 Å². The van der Waals surface area contributed by atoms with Crippen LogP contribution in [0.1, 0.15) is 38.4 Å². The van der Waals surface area contributed by atoms with Crippen molar-refractivity contribution in [2.75, 3.05) is 5.32 Å². The van der Waals surface area contributed by atoms with Crippen LogP contribution in [0.15, 0.2) is 6.07 Å². The van der Waals surface area contributed by atoms with Gasteiger partial charge in [0.05, 0.1) is 0 Å². The second kappa shape index (κ2) is 6.31. The van der Waals surface area contributed by atoms with E-state index >= 15 is 0 Å². The molecule has 0 atom stereocenters. The number of carbonyl (C=O) groups excluding carboxylic acids is 1. The Morgan fingerprint density at radius 2 is 2.10 bits per heavy atom. The van der Waals surface area contributed by atoms with E-state index in [-0.39, 0.29) is 12.8 Å². The summed E-state index contributed by atoms with van der Waals surface area (Å²) >= 11 is 0. The number of rotatable bonds is 4. The number of nitriles is 1. The zero-order chi connectivity index (χ0) is 16.2. The van der Waals surface area contributed by atoms with Crippen molar-refractivity contribution in [1.82, 2.24) is 4.57 Å². The van der Waals surface area contributed by atoms with Gasteiger partial charge in [-0.05, 0) is 38.8 Å². The van der Waals surface area contributed by atoms with Gasteiger partial charge < -0.3 is 14.4 Å². The maximum Gasteiger partial charge on any atom is 0.413 e. The van der Waals surface area contributed by atoms with E-state index < -0.39 is 17.7 Å². The van der Waals surface area contributed by atoms with Gasteiger partial charge >= 0.3 is 12.1 Å². The van der Waals surface area contributed by atoms with Crippen LogP contribution in [0.2, 0.25) is 0 Å². The monoisotopic (exact) mass is 293 g/mol. The molecule has 0 aliphatic rings. The molecule has 0 spiro atoms. The number of nitrogens with zero attached hydrogens (tertiary/aromatic N) is 2. The van der Waals surface area contributed by atoms with E-state index in [1.165, 1.54) is 4.57 Å². The SMILES string of the molecule is Cn1c(C#N)cc(CCC(=O)O)c1NC(=O)OC(C)(C)C. The molecule has 1 aromatic rings. The summed E-state index contributed by atoms with van der Waals surface area (Å²) in [5.41, 5.74) is 0.276. The van der Waals surface area contributed by atoms with Gasteiger partial charge in [-0.3, -0.25) is 10.1 Å². The maximum absolute atomic E-state index is 11.8. The smallest absolute Gasteiger partial charge is 0.413 e. The standard InChI is InChI=1S/C14H19N3O4/c1-14(2,3)21-13(20)16-12-9(5-6-11(18)19)7-10(8-15)17(12)4/h7H,5-6H2,1-4H3,(H,16,20)(H,18,19). The van der Waals surface area contributed by atoms with Crippen molar-refractivity contribution in [3.05, 3.63) is 17.3 Å². The van der Waals surface area contributed by atoms with E-state index in [0.29, 0.717) is 17.1 Å². The first kappa shape index (κ1) is 16.6. The third kappa shape index (κ3) is 4.84. The second-order valence-electron chi connectivity index (χ2n) is 5.59. The van der Waals surface area contributed by atoms with Crippen molar-refractivity contribution in [2.24, 2.45) is 7.05 Å². The van der Waals surface area contributed by atoms with Gasteiger partial charge in [-0.25, -0.2) is 4.79 Å². The summed E-state index contributed by atoms with van der Waals surface area (Å²) < 4.78 is 6.66. The molecule has 0 radical (unpaired) electrons. The third-order valence-electron chi connectivity index (χ3n) is 2.65. The zero-order valence-corrected chi connectivity index (χ0v) is 12.6. The lowest BCUT2D eigenvalue weighted by Gasteiger charge is -2.20. The van der Waals surface area contributed by atoms with Crippen LogP contribution in [0.3, 0.4) is 0 Å². The molecule has 0 fully saturated rings. The molecule has 114 valence electrons. The van der Waals surface area contributed by atoms with Crippen molar-refractivity contribution in [3.63, 3.8) is 0 Å². The Balaban J connectivity index is 2.98. The minimum atomic E-state index is -0.944. The van der Waals surface area contributed by atoms with E-state index in [1.807, 2.05) is 6.07 Å². The van der Waals surface area contributed by atoms with Gasteiger partial charge in [0.25, 0.3) is 0 Å². The molecule has 0 saturated carbocycles. The average Bonchev–Trinajstić information content (AvgIpc) is 2.61. The number of hydrogen-bond donors (Lipinski definition) is 2. The number of ether oxygens (including phenoxy) is 1. The molecular formula is C14H19N3O4. The summed E-state index contributed by atoms with van der Waals surface area (Å²) in [5, 5.41) is 20.3. The Morgan fingerprint density at radius 3 is 2.57 bits per heavy atom. The molecule has 7 heteroatoms. The van der Waals surface area contributed by atoms with Crippen LogP contribution in [-0.2, 0) is 23.0 Å². The predicted molar refractivity (Wildman–Crippen MR) is 75.9 cm³/mol. The maximum atomic E-state index is 11.8. The molecular weight excluding hydrogens is 274 g/mol. The highest BCUT2D eigenvalue weighted by Gasteiger charge is 2.20. The highest BCUT2D eigenvalue weighted by Crippen LogP contribution is 2.22. The number of aryl methyl sites for hydroxylation is 1. The molecule has 0 aliphatic carbocycles. The molecule has 0 aromatic carbocycles. The minimum Gasteiger partial charge on any atom is -0.481 e. The van der Waals surface area contributed by atoms with Crippen LogP contribution in [0.25, 0.3) is 0 Å². The van der Waals surface area contributed by atoms with Crippen LogP contribution < -0.4 is 5.32 Å². The van der Waals surface area contributed by atoms with Gasteiger partial charge in [-0.2, -0.15) is 5.26 Å². The topological polar surface area (TPSA) is 104 Å².